The molecule has 3 N–H and O–H groups in total. The maximum atomic E-state index is 6.07. The summed E-state index contributed by atoms with van der Waals surface area (Å²) >= 11 is 7.66. The average Bonchev–Trinajstić information content (AvgIpc) is 2.93. The average molecular weight is 391 g/mol. The molecule has 26 heavy (non-hydrogen) atoms. The van der Waals surface area contributed by atoms with Crippen molar-refractivity contribution in [1.82, 2.24) is 24.8 Å². The Morgan fingerprint density at radius 1 is 1.31 bits per heavy atom. The van der Waals surface area contributed by atoms with E-state index in [4.69, 9.17) is 22.3 Å². The smallest absolute Gasteiger partial charge is 0.175 e. The molecule has 0 saturated heterocycles. The number of fused-ring (bicyclic) bond motifs is 1. The van der Waals surface area contributed by atoms with E-state index in [0.29, 0.717) is 17.3 Å². The lowest BCUT2D eigenvalue weighted by molar-refractivity contribution is 0.516. The number of hydrogen-bond acceptors (Lipinski definition) is 6. The fourth-order valence-corrected chi connectivity index (χ4v) is 3.82. The number of nitrogen functional groups attached to an aromatic ring is 1. The highest BCUT2D eigenvalue weighted by Gasteiger charge is 2.16. The van der Waals surface area contributed by atoms with E-state index >= 15 is 0 Å². The second-order valence-corrected chi connectivity index (χ2v) is 8.03. The first-order valence-corrected chi connectivity index (χ1v) is 9.76. The Bertz CT molecular complexity index is 908. The molecule has 0 radical (unpaired) electrons. The fourth-order valence-electron chi connectivity index (χ4n) is 2.62. The van der Waals surface area contributed by atoms with E-state index in [9.17, 15) is 0 Å². The summed E-state index contributed by atoms with van der Waals surface area (Å²) in [5, 5.41) is 5.04. The van der Waals surface area contributed by atoms with Crippen LogP contribution in [0, 0.1) is 12.8 Å². The van der Waals surface area contributed by atoms with Gasteiger partial charge >= 0.3 is 0 Å². The van der Waals surface area contributed by atoms with E-state index in [1.807, 2.05) is 25.1 Å². The molecule has 3 aromatic rings. The highest BCUT2D eigenvalue weighted by atomic mass is 35.5. The number of nitrogens with zero attached hydrogens (tertiary/aromatic N) is 4. The van der Waals surface area contributed by atoms with Crippen molar-refractivity contribution in [3.8, 4) is 0 Å². The SMILES string of the molecule is Cc1cc(Cl)ccc1Sc1nc2c(N)ncnc2n1CCNCC(C)C. The van der Waals surface area contributed by atoms with Gasteiger partial charge in [-0.05, 0) is 43.1 Å². The Morgan fingerprint density at radius 3 is 2.85 bits per heavy atom. The van der Waals surface area contributed by atoms with Crippen molar-refractivity contribution in [2.75, 3.05) is 18.8 Å². The third-order valence-electron chi connectivity index (χ3n) is 3.93. The van der Waals surface area contributed by atoms with Gasteiger partial charge < -0.3 is 15.6 Å². The molecule has 138 valence electrons. The highest BCUT2D eigenvalue weighted by molar-refractivity contribution is 7.99. The van der Waals surface area contributed by atoms with Crippen LogP contribution >= 0.6 is 23.4 Å². The molecular weight excluding hydrogens is 368 g/mol. The van der Waals surface area contributed by atoms with Gasteiger partial charge in [0, 0.05) is 23.0 Å². The molecule has 0 fully saturated rings. The van der Waals surface area contributed by atoms with Crippen molar-refractivity contribution in [3.05, 3.63) is 35.1 Å². The number of aromatic nitrogens is 4. The molecule has 0 spiro atoms. The van der Waals surface area contributed by atoms with Crippen LogP contribution in [0.15, 0.2) is 34.6 Å². The minimum Gasteiger partial charge on any atom is -0.382 e. The Kier molecular flexibility index (Phi) is 6.01. The Morgan fingerprint density at radius 2 is 2.12 bits per heavy atom. The zero-order valence-electron chi connectivity index (χ0n) is 15.2. The molecule has 0 aliphatic rings. The quantitative estimate of drug-likeness (QED) is 0.597. The molecule has 0 saturated carbocycles. The van der Waals surface area contributed by atoms with Crippen molar-refractivity contribution in [2.45, 2.75) is 37.4 Å². The van der Waals surface area contributed by atoms with Crippen LogP contribution in [0.2, 0.25) is 5.02 Å². The minimum absolute atomic E-state index is 0.401. The van der Waals surface area contributed by atoms with E-state index in [0.717, 1.165) is 45.9 Å². The van der Waals surface area contributed by atoms with E-state index in [1.54, 1.807) is 11.8 Å². The van der Waals surface area contributed by atoms with Crippen LogP contribution in [0.3, 0.4) is 0 Å². The molecule has 2 aromatic heterocycles. The summed E-state index contributed by atoms with van der Waals surface area (Å²) in [5.74, 6) is 1.01. The Hall–Kier alpha value is -1.83. The molecule has 0 amide bonds. The van der Waals surface area contributed by atoms with Crippen molar-refractivity contribution in [3.63, 3.8) is 0 Å². The van der Waals surface area contributed by atoms with Gasteiger partial charge in [0.05, 0.1) is 0 Å². The number of nitrogens with one attached hydrogen (secondary N) is 1. The lowest BCUT2D eigenvalue weighted by Gasteiger charge is -2.11. The number of benzene rings is 1. The summed E-state index contributed by atoms with van der Waals surface area (Å²) < 4.78 is 2.10. The van der Waals surface area contributed by atoms with Gasteiger partial charge in [0.1, 0.15) is 6.33 Å². The minimum atomic E-state index is 0.401. The monoisotopic (exact) mass is 390 g/mol. The number of nitrogens with two attached hydrogens (primary N) is 1. The third-order valence-corrected chi connectivity index (χ3v) is 5.34. The van der Waals surface area contributed by atoms with Gasteiger partial charge in [0.25, 0.3) is 0 Å². The van der Waals surface area contributed by atoms with Gasteiger partial charge in [-0.15, -0.1) is 0 Å². The molecule has 0 bridgehead atoms. The largest absolute Gasteiger partial charge is 0.382 e. The van der Waals surface area contributed by atoms with Crippen LogP contribution in [-0.2, 0) is 6.54 Å². The predicted octanol–water partition coefficient (Wildman–Crippen LogP) is 3.77. The second-order valence-electron chi connectivity index (χ2n) is 6.59. The summed E-state index contributed by atoms with van der Waals surface area (Å²) in [6.07, 6.45) is 1.49. The van der Waals surface area contributed by atoms with Crippen LogP contribution in [0.5, 0.6) is 0 Å². The maximum absolute atomic E-state index is 6.07. The zero-order chi connectivity index (χ0) is 18.7. The molecule has 3 rings (SSSR count). The van der Waals surface area contributed by atoms with Gasteiger partial charge in [0.2, 0.25) is 0 Å². The van der Waals surface area contributed by atoms with Crippen LogP contribution in [0.25, 0.3) is 11.2 Å². The standard InChI is InChI=1S/C18H23ClN6S/c1-11(2)9-21-6-7-25-17-15(16(20)22-10-23-17)24-18(25)26-14-5-4-13(19)8-12(14)3/h4-5,8,10-11,21H,6-7,9H2,1-3H3,(H2,20,22,23). The van der Waals surface area contributed by atoms with Gasteiger partial charge in [-0.2, -0.15) is 0 Å². The molecule has 6 nitrogen and oxygen atoms in total. The topological polar surface area (TPSA) is 81.7 Å². The maximum Gasteiger partial charge on any atom is 0.175 e. The summed E-state index contributed by atoms with van der Waals surface area (Å²) in [7, 11) is 0. The second kappa shape index (κ2) is 8.24. The van der Waals surface area contributed by atoms with Crippen molar-refractivity contribution in [1.29, 1.82) is 0 Å². The van der Waals surface area contributed by atoms with E-state index in [1.165, 1.54) is 6.33 Å². The Labute approximate surface area is 162 Å². The zero-order valence-corrected chi connectivity index (χ0v) is 16.7. The first-order chi connectivity index (χ1) is 12.5. The highest BCUT2D eigenvalue weighted by Crippen LogP contribution is 2.33. The van der Waals surface area contributed by atoms with Gasteiger partial charge in [-0.1, -0.05) is 37.2 Å². The number of halogens is 1. The van der Waals surface area contributed by atoms with E-state index in [2.05, 4.69) is 33.7 Å². The van der Waals surface area contributed by atoms with Gasteiger partial charge in [0.15, 0.2) is 22.1 Å². The summed E-state index contributed by atoms with van der Waals surface area (Å²) in [4.78, 5) is 14.3. The number of hydrogen-bond donors (Lipinski definition) is 2. The first kappa shape index (κ1) is 18.9. The molecule has 0 aliphatic carbocycles. The van der Waals surface area contributed by atoms with Crippen LogP contribution in [0.4, 0.5) is 5.82 Å². The van der Waals surface area contributed by atoms with Crippen molar-refractivity contribution < 1.29 is 0 Å². The van der Waals surface area contributed by atoms with E-state index < -0.39 is 0 Å². The third kappa shape index (κ3) is 4.28. The number of aryl methyl sites for hydroxylation is 1. The number of rotatable bonds is 7. The number of imidazole rings is 1. The van der Waals surface area contributed by atoms with Crippen LogP contribution in [-0.4, -0.2) is 32.6 Å². The van der Waals surface area contributed by atoms with Gasteiger partial charge in [-0.3, -0.25) is 0 Å². The van der Waals surface area contributed by atoms with Crippen LogP contribution in [0.1, 0.15) is 19.4 Å². The molecule has 8 heteroatoms. The summed E-state index contributed by atoms with van der Waals surface area (Å²) in [6, 6.07) is 5.86. The van der Waals surface area contributed by atoms with Gasteiger partial charge in [-0.25, -0.2) is 15.0 Å². The predicted molar refractivity (Wildman–Crippen MR) is 108 cm³/mol. The fraction of sp³-hybridized carbons (Fsp3) is 0.389. The van der Waals surface area contributed by atoms with E-state index in [-0.39, 0.29) is 0 Å². The number of anilines is 1. The summed E-state index contributed by atoms with van der Waals surface area (Å²) in [5.41, 5.74) is 8.52. The van der Waals surface area contributed by atoms with Crippen molar-refractivity contribution >= 4 is 40.3 Å². The first-order valence-electron chi connectivity index (χ1n) is 8.57. The molecular formula is C18H23ClN6S. The molecule has 1 aromatic carbocycles. The summed E-state index contributed by atoms with van der Waals surface area (Å²) in [6.45, 7) is 8.99. The normalized spacial score (nSPS) is 11.6. The molecule has 2 heterocycles. The lowest BCUT2D eigenvalue weighted by atomic mass is 10.2. The van der Waals surface area contributed by atoms with Crippen LogP contribution < -0.4 is 11.1 Å². The lowest BCUT2D eigenvalue weighted by Crippen LogP contribution is -2.24. The molecule has 0 aliphatic heterocycles. The molecule has 0 unspecified atom stereocenters. The van der Waals surface area contributed by atoms with Crippen molar-refractivity contribution in [2.24, 2.45) is 5.92 Å². The molecule has 0 atom stereocenters. The Balaban J connectivity index is 1.92.